The molecule has 182 valence electrons. The van der Waals surface area contributed by atoms with Crippen LogP contribution in [0.25, 0.3) is 0 Å². The number of nitrogens with zero attached hydrogens (tertiary/aromatic N) is 1. The van der Waals surface area contributed by atoms with Crippen LogP contribution in [0.2, 0.25) is 0 Å². The number of aliphatic hydroxyl groups excluding tert-OH is 2. The molecule has 1 aromatic heterocycles. The van der Waals surface area contributed by atoms with Crippen molar-refractivity contribution < 1.29 is 24.5 Å². The molecule has 1 amide bonds. The predicted octanol–water partition coefficient (Wildman–Crippen LogP) is 0.00440. The number of rotatable bonds is 13. The number of carbonyl (C=O) groups excluding carboxylic acids is 1. The SMILES string of the molecule is CC[C@H]1O[C@@H](c2cn(CCCNCCCCCCNC(=O)OC)c(=O)[nH]c2=O)[C@@H](O)C1O. The molecule has 11 nitrogen and oxygen atoms in total. The second-order valence-electron chi connectivity index (χ2n) is 7.96. The number of aromatic amines is 1. The van der Waals surface area contributed by atoms with Gasteiger partial charge in [-0.1, -0.05) is 19.8 Å². The first-order valence-electron chi connectivity index (χ1n) is 11.3. The first kappa shape index (κ1) is 26.0. The molecule has 0 bridgehead atoms. The number of carbonyl (C=O) groups is 1. The second-order valence-corrected chi connectivity index (χ2v) is 7.96. The molecule has 1 aromatic rings. The number of methoxy groups -OCH3 is 1. The summed E-state index contributed by atoms with van der Waals surface area (Å²) in [6.45, 7) is 4.40. The average molecular weight is 457 g/mol. The van der Waals surface area contributed by atoms with Crippen molar-refractivity contribution in [2.45, 2.75) is 76.4 Å². The summed E-state index contributed by atoms with van der Waals surface area (Å²) in [5.41, 5.74) is -0.986. The van der Waals surface area contributed by atoms with Gasteiger partial charge in [-0.25, -0.2) is 9.59 Å². The van der Waals surface area contributed by atoms with E-state index in [0.29, 0.717) is 32.5 Å². The summed E-state index contributed by atoms with van der Waals surface area (Å²) >= 11 is 0. The highest BCUT2D eigenvalue weighted by molar-refractivity contribution is 5.66. The zero-order chi connectivity index (χ0) is 23.5. The van der Waals surface area contributed by atoms with E-state index >= 15 is 0 Å². The summed E-state index contributed by atoms with van der Waals surface area (Å²) in [6.07, 6.45) is 2.37. The summed E-state index contributed by atoms with van der Waals surface area (Å²) in [6, 6.07) is 0. The van der Waals surface area contributed by atoms with Crippen molar-refractivity contribution in [3.05, 3.63) is 32.6 Å². The number of aryl methyl sites for hydroxylation is 1. The van der Waals surface area contributed by atoms with Gasteiger partial charge in [0, 0.05) is 19.3 Å². The lowest BCUT2D eigenvalue weighted by molar-refractivity contribution is 0.00449. The van der Waals surface area contributed by atoms with Crippen LogP contribution < -0.4 is 21.9 Å². The maximum Gasteiger partial charge on any atom is 0.406 e. The number of amides is 1. The summed E-state index contributed by atoms with van der Waals surface area (Å²) in [7, 11) is 1.34. The zero-order valence-electron chi connectivity index (χ0n) is 18.8. The number of H-pyrrole nitrogens is 1. The van der Waals surface area contributed by atoms with Crippen LogP contribution in [0.4, 0.5) is 4.79 Å². The number of alkyl carbamates (subject to hydrolysis) is 1. The quantitative estimate of drug-likeness (QED) is 0.260. The fraction of sp³-hybridized carbons (Fsp3) is 0.762. The normalized spacial score (nSPS) is 22.8. The summed E-state index contributed by atoms with van der Waals surface area (Å²) in [4.78, 5) is 37.6. The molecule has 0 aromatic carbocycles. The van der Waals surface area contributed by atoms with Crippen molar-refractivity contribution in [2.75, 3.05) is 26.7 Å². The lowest BCUT2D eigenvalue weighted by atomic mass is 10.0. The van der Waals surface area contributed by atoms with Crippen molar-refractivity contribution in [1.29, 1.82) is 0 Å². The van der Waals surface area contributed by atoms with Gasteiger partial charge in [0.25, 0.3) is 5.56 Å². The number of hydrogen-bond acceptors (Lipinski definition) is 8. The van der Waals surface area contributed by atoms with Crippen LogP contribution in [0, 0.1) is 0 Å². The van der Waals surface area contributed by atoms with E-state index in [-0.39, 0.29) is 5.56 Å². The van der Waals surface area contributed by atoms with E-state index in [1.165, 1.54) is 17.9 Å². The molecule has 0 radical (unpaired) electrons. The Morgan fingerprint density at radius 3 is 2.47 bits per heavy atom. The molecule has 2 heterocycles. The Kier molecular flexibility index (Phi) is 10.9. The first-order valence-corrected chi connectivity index (χ1v) is 11.3. The van der Waals surface area contributed by atoms with Gasteiger partial charge >= 0.3 is 11.8 Å². The summed E-state index contributed by atoms with van der Waals surface area (Å²) in [5.74, 6) is 0. The van der Waals surface area contributed by atoms with E-state index in [9.17, 15) is 24.6 Å². The van der Waals surface area contributed by atoms with Gasteiger partial charge in [0.15, 0.2) is 0 Å². The molecule has 11 heteroatoms. The Bertz CT molecular complexity index is 825. The van der Waals surface area contributed by atoms with Crippen LogP contribution in [0.5, 0.6) is 0 Å². The molecule has 0 spiro atoms. The van der Waals surface area contributed by atoms with E-state index in [4.69, 9.17) is 4.74 Å². The number of aliphatic hydroxyl groups is 2. The number of ether oxygens (including phenoxy) is 2. The predicted molar refractivity (Wildman–Crippen MR) is 118 cm³/mol. The van der Waals surface area contributed by atoms with Crippen molar-refractivity contribution in [2.24, 2.45) is 0 Å². The molecular weight excluding hydrogens is 420 g/mol. The molecule has 32 heavy (non-hydrogen) atoms. The van der Waals surface area contributed by atoms with Crippen LogP contribution in [0.15, 0.2) is 15.8 Å². The molecule has 1 unspecified atom stereocenters. The Labute approximate surface area is 187 Å². The molecule has 4 atom stereocenters. The van der Waals surface area contributed by atoms with Crippen molar-refractivity contribution in [1.82, 2.24) is 20.2 Å². The number of hydrogen-bond donors (Lipinski definition) is 5. The highest BCUT2D eigenvalue weighted by Crippen LogP contribution is 2.32. The lowest BCUT2D eigenvalue weighted by Gasteiger charge is -2.15. The third-order valence-corrected chi connectivity index (χ3v) is 5.60. The van der Waals surface area contributed by atoms with Gasteiger partial charge in [0.05, 0.1) is 18.8 Å². The first-order chi connectivity index (χ1) is 15.4. The third kappa shape index (κ3) is 7.44. The molecule has 1 aliphatic rings. The molecule has 1 fully saturated rings. The minimum atomic E-state index is -1.22. The zero-order valence-corrected chi connectivity index (χ0v) is 18.8. The summed E-state index contributed by atoms with van der Waals surface area (Å²) in [5, 5.41) is 26.3. The highest BCUT2D eigenvalue weighted by atomic mass is 16.5. The van der Waals surface area contributed by atoms with Crippen molar-refractivity contribution in [3.8, 4) is 0 Å². The Balaban J connectivity index is 1.71. The van der Waals surface area contributed by atoms with E-state index in [1.54, 1.807) is 0 Å². The lowest BCUT2D eigenvalue weighted by Crippen LogP contribution is -2.36. The van der Waals surface area contributed by atoms with Gasteiger partial charge in [-0.15, -0.1) is 0 Å². The standard InChI is InChI=1S/C21H36N4O7/c1-3-15-16(26)17(27)18(32-15)14-13-25(20(29)24-19(14)28)12-8-10-22-9-6-4-5-7-11-23-21(30)31-2/h13,15-18,22,26-27H,3-12H2,1-2H3,(H,23,30)(H,24,28,29)/t15-,16?,17+,18+/m1/s1. The minimum absolute atomic E-state index is 0.141. The largest absolute Gasteiger partial charge is 0.453 e. The van der Waals surface area contributed by atoms with E-state index in [0.717, 1.165) is 32.2 Å². The van der Waals surface area contributed by atoms with Crippen LogP contribution in [0.3, 0.4) is 0 Å². The monoisotopic (exact) mass is 456 g/mol. The fourth-order valence-electron chi connectivity index (χ4n) is 3.73. The Morgan fingerprint density at radius 1 is 1.12 bits per heavy atom. The summed E-state index contributed by atoms with van der Waals surface area (Å²) < 4.78 is 11.5. The van der Waals surface area contributed by atoms with Crippen LogP contribution >= 0.6 is 0 Å². The molecule has 0 aliphatic carbocycles. The van der Waals surface area contributed by atoms with Gasteiger partial charge in [-0.05, 0) is 38.8 Å². The average Bonchev–Trinajstić information content (AvgIpc) is 3.06. The number of unbranched alkanes of at least 4 members (excludes halogenated alkanes) is 3. The molecule has 2 rings (SSSR count). The van der Waals surface area contributed by atoms with E-state index in [2.05, 4.69) is 20.4 Å². The molecule has 1 aliphatic heterocycles. The molecular formula is C21H36N4O7. The Morgan fingerprint density at radius 2 is 1.81 bits per heavy atom. The fourth-order valence-corrected chi connectivity index (χ4v) is 3.73. The second kappa shape index (κ2) is 13.4. The van der Waals surface area contributed by atoms with Gasteiger partial charge in [0.1, 0.15) is 18.3 Å². The van der Waals surface area contributed by atoms with Crippen LogP contribution in [-0.2, 0) is 16.0 Å². The topological polar surface area (TPSA) is 155 Å². The molecule has 1 saturated heterocycles. The number of nitrogens with one attached hydrogen (secondary N) is 3. The van der Waals surface area contributed by atoms with Crippen LogP contribution in [0.1, 0.15) is 57.1 Å². The Hall–Kier alpha value is -2.21. The smallest absolute Gasteiger partial charge is 0.406 e. The van der Waals surface area contributed by atoms with E-state index in [1.807, 2.05) is 6.92 Å². The highest BCUT2D eigenvalue weighted by Gasteiger charge is 2.43. The number of aromatic nitrogens is 2. The maximum absolute atomic E-state index is 12.2. The van der Waals surface area contributed by atoms with Crippen molar-refractivity contribution >= 4 is 6.09 Å². The third-order valence-electron chi connectivity index (χ3n) is 5.60. The van der Waals surface area contributed by atoms with Crippen molar-refractivity contribution in [3.63, 3.8) is 0 Å². The molecule has 5 N–H and O–H groups in total. The van der Waals surface area contributed by atoms with Gasteiger partial charge in [-0.3, -0.25) is 9.78 Å². The van der Waals surface area contributed by atoms with E-state index < -0.39 is 41.8 Å². The van der Waals surface area contributed by atoms with Gasteiger partial charge in [-0.2, -0.15) is 0 Å². The van der Waals surface area contributed by atoms with Crippen LogP contribution in [-0.4, -0.2) is 70.9 Å². The maximum atomic E-state index is 12.2. The van der Waals surface area contributed by atoms with Gasteiger partial charge < -0.3 is 34.9 Å². The molecule has 0 saturated carbocycles. The minimum Gasteiger partial charge on any atom is -0.453 e. The van der Waals surface area contributed by atoms with Gasteiger partial charge in [0.2, 0.25) is 0 Å².